The first kappa shape index (κ1) is 10.8. The molecule has 1 rings (SSSR count). The second kappa shape index (κ2) is 4.79. The van der Waals surface area contributed by atoms with Gasteiger partial charge in [0.15, 0.2) is 0 Å². The van der Waals surface area contributed by atoms with Gasteiger partial charge < -0.3 is 4.74 Å². The molecule has 0 fully saturated rings. The zero-order chi connectivity index (χ0) is 9.84. The van der Waals surface area contributed by atoms with E-state index in [2.05, 4.69) is 47.7 Å². The zero-order valence-corrected chi connectivity index (χ0v) is 9.95. The Morgan fingerprint density at radius 2 is 2.38 bits per heavy atom. The molecule has 0 N–H and O–H groups in total. The molecule has 0 radical (unpaired) electrons. The number of rotatable bonds is 2. The molecule has 0 aliphatic heterocycles. The standard InChI is InChI=1S/C10H13IO2/c1-7-5-10(11)4-3-9(7)6-13-8(2)12/h3-5,7,9H,6H2,1-2H3. The average molecular weight is 292 g/mol. The van der Waals surface area contributed by atoms with Crippen LogP contribution in [0.3, 0.4) is 0 Å². The molecule has 0 aromatic carbocycles. The monoisotopic (exact) mass is 292 g/mol. The Morgan fingerprint density at radius 3 is 2.92 bits per heavy atom. The summed E-state index contributed by atoms with van der Waals surface area (Å²) in [7, 11) is 0. The molecule has 0 saturated carbocycles. The highest BCUT2D eigenvalue weighted by molar-refractivity contribution is 14.1. The maximum absolute atomic E-state index is 10.6. The fourth-order valence-electron chi connectivity index (χ4n) is 1.24. The van der Waals surface area contributed by atoms with Crippen LogP contribution in [0.25, 0.3) is 0 Å². The lowest BCUT2D eigenvalue weighted by atomic mass is 9.91. The van der Waals surface area contributed by atoms with E-state index >= 15 is 0 Å². The van der Waals surface area contributed by atoms with Gasteiger partial charge in [0.05, 0.1) is 6.61 Å². The maximum Gasteiger partial charge on any atom is 0.302 e. The summed E-state index contributed by atoms with van der Waals surface area (Å²) in [6, 6.07) is 0. The van der Waals surface area contributed by atoms with Gasteiger partial charge in [0.25, 0.3) is 0 Å². The van der Waals surface area contributed by atoms with Gasteiger partial charge in [-0.25, -0.2) is 0 Å². The minimum Gasteiger partial charge on any atom is -0.465 e. The highest BCUT2D eigenvalue weighted by atomic mass is 127. The molecular formula is C10H13IO2. The maximum atomic E-state index is 10.6. The molecule has 72 valence electrons. The van der Waals surface area contributed by atoms with E-state index in [-0.39, 0.29) is 5.97 Å². The van der Waals surface area contributed by atoms with E-state index in [0.717, 1.165) is 0 Å². The van der Waals surface area contributed by atoms with Crippen molar-refractivity contribution in [2.45, 2.75) is 13.8 Å². The van der Waals surface area contributed by atoms with Crippen LogP contribution in [0.1, 0.15) is 13.8 Å². The third kappa shape index (κ3) is 3.50. The van der Waals surface area contributed by atoms with E-state index in [0.29, 0.717) is 18.4 Å². The van der Waals surface area contributed by atoms with E-state index in [1.807, 2.05) is 0 Å². The van der Waals surface area contributed by atoms with Crippen LogP contribution in [0.4, 0.5) is 0 Å². The van der Waals surface area contributed by atoms with Crippen molar-refractivity contribution in [3.63, 3.8) is 0 Å². The average Bonchev–Trinajstić information content (AvgIpc) is 2.02. The summed E-state index contributed by atoms with van der Waals surface area (Å²) in [5.74, 6) is 0.587. The number of carbonyl (C=O) groups is 1. The highest BCUT2D eigenvalue weighted by Crippen LogP contribution is 2.25. The van der Waals surface area contributed by atoms with Crippen molar-refractivity contribution in [3.05, 3.63) is 21.8 Å². The van der Waals surface area contributed by atoms with Crippen molar-refractivity contribution in [2.75, 3.05) is 6.61 Å². The van der Waals surface area contributed by atoms with E-state index in [4.69, 9.17) is 4.74 Å². The number of esters is 1. The quantitative estimate of drug-likeness (QED) is 0.578. The fraction of sp³-hybridized carbons (Fsp3) is 0.500. The van der Waals surface area contributed by atoms with Gasteiger partial charge in [0.1, 0.15) is 0 Å². The number of ether oxygens (including phenoxy) is 1. The van der Waals surface area contributed by atoms with E-state index in [1.165, 1.54) is 10.5 Å². The van der Waals surface area contributed by atoms with Gasteiger partial charge in [-0.05, 0) is 28.5 Å². The van der Waals surface area contributed by atoms with Crippen molar-refractivity contribution in [1.82, 2.24) is 0 Å². The lowest BCUT2D eigenvalue weighted by Gasteiger charge is -2.20. The van der Waals surface area contributed by atoms with E-state index < -0.39 is 0 Å². The summed E-state index contributed by atoms with van der Waals surface area (Å²) in [4.78, 5) is 10.6. The highest BCUT2D eigenvalue weighted by Gasteiger charge is 2.16. The van der Waals surface area contributed by atoms with Crippen molar-refractivity contribution >= 4 is 28.6 Å². The van der Waals surface area contributed by atoms with Gasteiger partial charge >= 0.3 is 5.97 Å². The molecular weight excluding hydrogens is 279 g/mol. The number of carbonyl (C=O) groups excluding carboxylic acids is 1. The predicted molar refractivity (Wildman–Crippen MR) is 60.5 cm³/mol. The normalized spacial score (nSPS) is 26.8. The fourth-order valence-corrected chi connectivity index (χ4v) is 2.02. The third-order valence-electron chi connectivity index (χ3n) is 2.08. The Hall–Kier alpha value is -0.320. The van der Waals surface area contributed by atoms with Crippen molar-refractivity contribution in [1.29, 1.82) is 0 Å². The molecule has 1 aliphatic rings. The molecule has 0 aromatic heterocycles. The Kier molecular flexibility index (Phi) is 3.96. The topological polar surface area (TPSA) is 26.3 Å². The second-order valence-corrected chi connectivity index (χ2v) is 4.48. The van der Waals surface area contributed by atoms with Gasteiger partial charge in [-0.1, -0.05) is 25.2 Å². The lowest BCUT2D eigenvalue weighted by Crippen LogP contribution is -2.18. The van der Waals surface area contributed by atoms with Gasteiger partial charge in [-0.2, -0.15) is 0 Å². The minimum atomic E-state index is -0.204. The summed E-state index contributed by atoms with van der Waals surface area (Å²) >= 11 is 2.29. The number of hydrogen-bond donors (Lipinski definition) is 0. The van der Waals surface area contributed by atoms with Crippen molar-refractivity contribution in [3.8, 4) is 0 Å². The van der Waals surface area contributed by atoms with Gasteiger partial charge in [0, 0.05) is 16.4 Å². The SMILES string of the molecule is CC(=O)OCC1C=CC(I)=CC1C. The zero-order valence-electron chi connectivity index (χ0n) is 7.79. The van der Waals surface area contributed by atoms with Crippen LogP contribution < -0.4 is 0 Å². The summed E-state index contributed by atoms with van der Waals surface area (Å²) in [5.41, 5.74) is 0. The minimum absolute atomic E-state index is 0.204. The molecule has 3 heteroatoms. The summed E-state index contributed by atoms with van der Waals surface area (Å²) in [5, 5.41) is 0. The molecule has 0 amide bonds. The third-order valence-corrected chi connectivity index (χ3v) is 2.80. The van der Waals surface area contributed by atoms with Crippen LogP contribution in [0.5, 0.6) is 0 Å². The molecule has 0 saturated heterocycles. The second-order valence-electron chi connectivity index (χ2n) is 3.24. The number of hydrogen-bond acceptors (Lipinski definition) is 2. The molecule has 0 heterocycles. The first-order valence-electron chi connectivity index (χ1n) is 4.28. The van der Waals surface area contributed by atoms with Crippen LogP contribution in [0.15, 0.2) is 21.8 Å². The summed E-state index contributed by atoms with van der Waals surface area (Å²) < 4.78 is 6.22. The number of allylic oxidation sites excluding steroid dienone is 3. The smallest absolute Gasteiger partial charge is 0.302 e. The Bertz CT molecular complexity index is 256. The van der Waals surface area contributed by atoms with Crippen LogP contribution in [-0.4, -0.2) is 12.6 Å². The van der Waals surface area contributed by atoms with Gasteiger partial charge in [-0.15, -0.1) is 0 Å². The Balaban J connectivity index is 2.45. The Labute approximate surface area is 92.2 Å². The van der Waals surface area contributed by atoms with Gasteiger partial charge in [-0.3, -0.25) is 4.79 Å². The lowest BCUT2D eigenvalue weighted by molar-refractivity contribution is -0.142. The molecule has 13 heavy (non-hydrogen) atoms. The molecule has 1 aliphatic carbocycles. The Morgan fingerprint density at radius 1 is 1.69 bits per heavy atom. The molecule has 2 atom stereocenters. The van der Waals surface area contributed by atoms with Crippen LogP contribution in [0.2, 0.25) is 0 Å². The van der Waals surface area contributed by atoms with Crippen molar-refractivity contribution < 1.29 is 9.53 Å². The van der Waals surface area contributed by atoms with E-state index in [1.54, 1.807) is 0 Å². The van der Waals surface area contributed by atoms with Crippen LogP contribution in [0, 0.1) is 11.8 Å². The molecule has 0 spiro atoms. The first-order valence-corrected chi connectivity index (χ1v) is 5.36. The van der Waals surface area contributed by atoms with Crippen LogP contribution >= 0.6 is 22.6 Å². The molecule has 2 unspecified atom stereocenters. The first-order chi connectivity index (χ1) is 6.09. The predicted octanol–water partition coefficient (Wildman–Crippen LogP) is 2.69. The molecule has 0 aromatic rings. The summed E-state index contributed by atoms with van der Waals surface area (Å²) in [6.45, 7) is 4.07. The molecule has 2 nitrogen and oxygen atoms in total. The largest absolute Gasteiger partial charge is 0.465 e. The molecule has 0 bridgehead atoms. The van der Waals surface area contributed by atoms with E-state index in [9.17, 15) is 4.79 Å². The number of halogens is 1. The van der Waals surface area contributed by atoms with Crippen molar-refractivity contribution in [2.24, 2.45) is 11.8 Å². The van der Waals surface area contributed by atoms with Crippen LogP contribution in [-0.2, 0) is 9.53 Å². The summed E-state index contributed by atoms with van der Waals surface area (Å²) in [6.07, 6.45) is 6.36. The van der Waals surface area contributed by atoms with Gasteiger partial charge in [0.2, 0.25) is 0 Å².